The van der Waals surface area contributed by atoms with Crippen molar-refractivity contribution < 1.29 is 5.11 Å². The minimum absolute atomic E-state index is 0.257. The van der Waals surface area contributed by atoms with Crippen LogP contribution in [0.25, 0.3) is 0 Å². The van der Waals surface area contributed by atoms with Gasteiger partial charge in [-0.3, -0.25) is 0 Å². The summed E-state index contributed by atoms with van der Waals surface area (Å²) in [7, 11) is 0. The highest BCUT2D eigenvalue weighted by molar-refractivity contribution is 7.11. The third-order valence-corrected chi connectivity index (χ3v) is 5.11. The summed E-state index contributed by atoms with van der Waals surface area (Å²) < 4.78 is 0. The summed E-state index contributed by atoms with van der Waals surface area (Å²) in [6, 6.07) is 0.257. The average Bonchev–Trinajstić information content (AvgIpc) is 2.77. The van der Waals surface area contributed by atoms with Crippen molar-refractivity contribution in [2.45, 2.75) is 65.5 Å². The van der Waals surface area contributed by atoms with Crippen LogP contribution in [0.1, 0.15) is 62.2 Å². The second-order valence-electron chi connectivity index (χ2n) is 4.94. The van der Waals surface area contributed by atoms with Crippen LogP contribution in [-0.2, 0) is 6.42 Å². The predicted molar refractivity (Wildman–Crippen MR) is 78.2 cm³/mol. The minimum Gasteiger partial charge on any atom is -0.389 e. The molecule has 0 saturated heterocycles. The van der Waals surface area contributed by atoms with Gasteiger partial charge in [0.25, 0.3) is 0 Å². The van der Waals surface area contributed by atoms with E-state index in [9.17, 15) is 5.11 Å². The quantitative estimate of drug-likeness (QED) is 0.799. The number of hydrogen-bond donors (Lipinski definition) is 2. The molecule has 0 aliphatic rings. The van der Waals surface area contributed by atoms with Gasteiger partial charge in [0.2, 0.25) is 0 Å². The molecule has 0 amide bonds. The van der Waals surface area contributed by atoms with Gasteiger partial charge in [-0.2, -0.15) is 0 Å². The van der Waals surface area contributed by atoms with Crippen molar-refractivity contribution in [3.05, 3.63) is 15.6 Å². The number of nitrogens with zero attached hydrogens (tertiary/aromatic N) is 1. The molecule has 0 aliphatic heterocycles. The molecule has 3 nitrogen and oxygen atoms in total. The standard InChI is InChI=1S/C14H26N2OS/c1-6-12-16-11(5)13(18-12)10(4)15-9-14(17,7-2)8-3/h10,15,17H,6-9H2,1-5H3. The third-order valence-electron chi connectivity index (χ3n) is 3.63. The van der Waals surface area contributed by atoms with Crippen molar-refractivity contribution in [2.75, 3.05) is 6.54 Å². The number of aliphatic hydroxyl groups is 1. The first kappa shape index (κ1) is 15.6. The lowest BCUT2D eigenvalue weighted by molar-refractivity contribution is 0.0304. The van der Waals surface area contributed by atoms with E-state index in [4.69, 9.17) is 0 Å². The second-order valence-corrected chi connectivity index (χ2v) is 6.06. The maximum Gasteiger partial charge on any atom is 0.0928 e. The lowest BCUT2D eigenvalue weighted by Gasteiger charge is -2.27. The Bertz CT molecular complexity index is 372. The Balaban J connectivity index is 2.65. The number of nitrogens with one attached hydrogen (secondary N) is 1. The first-order chi connectivity index (χ1) is 8.45. The van der Waals surface area contributed by atoms with Crippen molar-refractivity contribution in [3.8, 4) is 0 Å². The smallest absolute Gasteiger partial charge is 0.0928 e. The molecule has 0 spiro atoms. The molecule has 0 radical (unpaired) electrons. The number of hydrogen-bond acceptors (Lipinski definition) is 4. The third kappa shape index (κ3) is 3.77. The van der Waals surface area contributed by atoms with Crippen LogP contribution in [0, 0.1) is 6.92 Å². The van der Waals surface area contributed by atoms with Crippen molar-refractivity contribution >= 4 is 11.3 Å². The van der Waals surface area contributed by atoms with E-state index >= 15 is 0 Å². The number of rotatable bonds is 7. The van der Waals surface area contributed by atoms with Crippen LogP contribution in [0.5, 0.6) is 0 Å². The summed E-state index contributed by atoms with van der Waals surface area (Å²) in [6.07, 6.45) is 2.56. The largest absolute Gasteiger partial charge is 0.389 e. The van der Waals surface area contributed by atoms with Crippen LogP contribution in [0.15, 0.2) is 0 Å². The van der Waals surface area contributed by atoms with E-state index < -0.39 is 5.60 Å². The van der Waals surface area contributed by atoms with Crippen LogP contribution in [0.2, 0.25) is 0 Å². The minimum atomic E-state index is -0.583. The van der Waals surface area contributed by atoms with Crippen LogP contribution >= 0.6 is 11.3 Å². The number of aryl methyl sites for hydroxylation is 2. The molecule has 18 heavy (non-hydrogen) atoms. The van der Waals surface area contributed by atoms with Crippen molar-refractivity contribution in [1.82, 2.24) is 10.3 Å². The fraction of sp³-hybridized carbons (Fsp3) is 0.786. The van der Waals surface area contributed by atoms with E-state index in [1.807, 2.05) is 13.8 Å². The zero-order valence-electron chi connectivity index (χ0n) is 12.2. The molecule has 0 fully saturated rings. The van der Waals surface area contributed by atoms with E-state index in [0.29, 0.717) is 6.54 Å². The van der Waals surface area contributed by atoms with Crippen LogP contribution in [-0.4, -0.2) is 22.2 Å². The second kappa shape index (κ2) is 6.64. The average molecular weight is 270 g/mol. The first-order valence-corrected chi connectivity index (χ1v) is 7.69. The van der Waals surface area contributed by atoms with Gasteiger partial charge in [0.15, 0.2) is 0 Å². The summed E-state index contributed by atoms with van der Waals surface area (Å²) in [5.41, 5.74) is 0.536. The molecule has 1 atom stereocenters. The fourth-order valence-corrected chi connectivity index (χ4v) is 2.99. The summed E-state index contributed by atoms with van der Waals surface area (Å²) in [5, 5.41) is 14.9. The molecule has 2 N–H and O–H groups in total. The highest BCUT2D eigenvalue weighted by Gasteiger charge is 2.23. The Labute approximate surface area is 115 Å². The lowest BCUT2D eigenvalue weighted by Crippen LogP contribution is -2.40. The van der Waals surface area contributed by atoms with Crippen LogP contribution < -0.4 is 5.32 Å². The molecule has 1 aromatic rings. The molecule has 0 saturated carbocycles. The molecule has 0 aromatic carbocycles. The van der Waals surface area contributed by atoms with Gasteiger partial charge >= 0.3 is 0 Å². The lowest BCUT2D eigenvalue weighted by atomic mass is 9.97. The van der Waals surface area contributed by atoms with Crippen molar-refractivity contribution in [3.63, 3.8) is 0 Å². The summed E-state index contributed by atoms with van der Waals surface area (Å²) in [4.78, 5) is 5.84. The zero-order chi connectivity index (χ0) is 13.8. The SMILES string of the molecule is CCc1nc(C)c(C(C)NCC(O)(CC)CC)s1. The highest BCUT2D eigenvalue weighted by Crippen LogP contribution is 2.26. The number of thiazole rings is 1. The molecule has 0 bridgehead atoms. The van der Waals surface area contributed by atoms with Crippen LogP contribution in [0.4, 0.5) is 0 Å². The molecule has 4 heteroatoms. The zero-order valence-corrected chi connectivity index (χ0v) is 13.0. The van der Waals surface area contributed by atoms with Gasteiger partial charge < -0.3 is 10.4 Å². The van der Waals surface area contributed by atoms with Gasteiger partial charge in [-0.05, 0) is 33.1 Å². The molecule has 0 aliphatic carbocycles. The molecular formula is C14H26N2OS. The topological polar surface area (TPSA) is 45.2 Å². The molecule has 1 aromatic heterocycles. The maximum atomic E-state index is 10.3. The fourth-order valence-electron chi connectivity index (χ4n) is 1.95. The van der Waals surface area contributed by atoms with Crippen LogP contribution in [0.3, 0.4) is 0 Å². The van der Waals surface area contributed by atoms with E-state index in [1.165, 1.54) is 9.88 Å². The first-order valence-electron chi connectivity index (χ1n) is 6.87. The van der Waals surface area contributed by atoms with Crippen molar-refractivity contribution in [1.29, 1.82) is 0 Å². The van der Waals surface area contributed by atoms with Gasteiger partial charge in [-0.25, -0.2) is 4.98 Å². The normalized spacial score (nSPS) is 13.9. The Morgan fingerprint density at radius 3 is 2.39 bits per heavy atom. The maximum absolute atomic E-state index is 10.3. The van der Waals surface area contributed by atoms with Crippen molar-refractivity contribution in [2.24, 2.45) is 0 Å². The number of aromatic nitrogens is 1. The molecular weight excluding hydrogens is 244 g/mol. The highest BCUT2D eigenvalue weighted by atomic mass is 32.1. The Hall–Kier alpha value is -0.450. The summed E-state index contributed by atoms with van der Waals surface area (Å²) >= 11 is 1.78. The van der Waals surface area contributed by atoms with Gasteiger partial charge in [-0.15, -0.1) is 11.3 Å². The monoisotopic (exact) mass is 270 g/mol. The van der Waals surface area contributed by atoms with Gasteiger partial charge in [-0.1, -0.05) is 20.8 Å². The van der Waals surface area contributed by atoms with E-state index in [1.54, 1.807) is 11.3 Å². The Morgan fingerprint density at radius 1 is 1.33 bits per heavy atom. The van der Waals surface area contributed by atoms with E-state index in [2.05, 4.69) is 31.1 Å². The summed E-state index contributed by atoms with van der Waals surface area (Å²) in [5.74, 6) is 0. The molecule has 1 heterocycles. The Kier molecular flexibility index (Phi) is 5.76. The molecule has 1 rings (SSSR count). The molecule has 104 valence electrons. The van der Waals surface area contributed by atoms with Gasteiger partial charge in [0.05, 0.1) is 16.3 Å². The summed E-state index contributed by atoms with van der Waals surface area (Å²) in [6.45, 7) is 11.0. The Morgan fingerprint density at radius 2 is 1.94 bits per heavy atom. The molecule has 1 unspecified atom stereocenters. The van der Waals surface area contributed by atoms with E-state index in [0.717, 1.165) is 25.0 Å². The van der Waals surface area contributed by atoms with Gasteiger partial charge in [0, 0.05) is 17.5 Å². The van der Waals surface area contributed by atoms with Gasteiger partial charge in [0.1, 0.15) is 0 Å². The predicted octanol–water partition coefficient (Wildman–Crippen LogP) is 3.22. The van der Waals surface area contributed by atoms with E-state index in [-0.39, 0.29) is 6.04 Å².